The highest BCUT2D eigenvalue weighted by molar-refractivity contribution is 5.79. The fraction of sp³-hybridized carbons (Fsp3) is 0.333. The number of rotatable bonds is 1. The number of aromatic amines is 1. The molecule has 0 aliphatic heterocycles. The van der Waals surface area contributed by atoms with E-state index in [4.69, 9.17) is 4.74 Å². The Morgan fingerprint density at radius 1 is 1.53 bits per heavy atom. The second-order valence-electron chi connectivity index (χ2n) is 3.32. The largest absolute Gasteiger partial charge is 0.448 e. The lowest BCUT2D eigenvalue weighted by atomic mass is 10.4. The van der Waals surface area contributed by atoms with E-state index in [-0.39, 0.29) is 17.6 Å². The molecule has 0 aliphatic rings. The van der Waals surface area contributed by atoms with Gasteiger partial charge in [0.25, 0.3) is 5.56 Å². The Balaban J connectivity index is 2.70. The Morgan fingerprint density at radius 2 is 2.24 bits per heavy atom. The normalized spacial score (nSPS) is 10.7. The Morgan fingerprint density at radius 3 is 2.88 bits per heavy atom. The van der Waals surface area contributed by atoms with Crippen molar-refractivity contribution in [1.82, 2.24) is 19.3 Å². The minimum Gasteiger partial charge on any atom is -0.448 e. The van der Waals surface area contributed by atoms with Gasteiger partial charge in [-0.2, -0.15) is 9.78 Å². The summed E-state index contributed by atoms with van der Waals surface area (Å²) in [4.78, 5) is 36.3. The number of carbonyl (C=O) groups is 1. The fourth-order valence-corrected chi connectivity index (χ4v) is 1.40. The summed E-state index contributed by atoms with van der Waals surface area (Å²) in [7, 11) is 1.47. The molecular formula is C9H10N4O4. The molecule has 0 amide bonds. The van der Waals surface area contributed by atoms with Gasteiger partial charge in [0.1, 0.15) is 0 Å². The summed E-state index contributed by atoms with van der Waals surface area (Å²) in [6.07, 6.45) is 0.583. The van der Waals surface area contributed by atoms with E-state index in [1.807, 2.05) is 0 Å². The molecule has 1 N–H and O–H groups in total. The van der Waals surface area contributed by atoms with Crippen LogP contribution in [-0.4, -0.2) is 32.0 Å². The highest BCUT2D eigenvalue weighted by atomic mass is 16.5. The molecule has 2 aromatic heterocycles. The molecule has 0 atom stereocenters. The van der Waals surface area contributed by atoms with E-state index in [1.165, 1.54) is 17.8 Å². The van der Waals surface area contributed by atoms with E-state index < -0.39 is 17.3 Å². The Labute approximate surface area is 94.4 Å². The summed E-state index contributed by atoms with van der Waals surface area (Å²) in [5, 5.41) is 3.77. The Kier molecular flexibility index (Phi) is 2.54. The standard InChI is InChI=1S/C9H10N4O4/c1-3-17-9(16)13-4-5-6(11-13)7(14)10-8(15)12(5)2/h4H,3H2,1-2H3,(H,10,14,15). The van der Waals surface area contributed by atoms with Crippen molar-refractivity contribution in [3.05, 3.63) is 27.0 Å². The summed E-state index contributed by atoms with van der Waals surface area (Å²) < 4.78 is 6.81. The van der Waals surface area contributed by atoms with Crippen LogP contribution < -0.4 is 11.2 Å². The van der Waals surface area contributed by atoms with Crippen molar-refractivity contribution in [2.24, 2.45) is 7.05 Å². The molecule has 0 saturated heterocycles. The first-order valence-electron chi connectivity index (χ1n) is 4.90. The third-order valence-corrected chi connectivity index (χ3v) is 2.25. The van der Waals surface area contributed by atoms with Crippen molar-refractivity contribution in [2.75, 3.05) is 6.61 Å². The number of fused-ring (bicyclic) bond motifs is 1. The third-order valence-electron chi connectivity index (χ3n) is 2.25. The van der Waals surface area contributed by atoms with Gasteiger partial charge in [0, 0.05) is 7.05 Å². The number of nitrogens with one attached hydrogen (secondary N) is 1. The topological polar surface area (TPSA) is 99.0 Å². The molecule has 8 heteroatoms. The molecule has 0 unspecified atom stereocenters. The van der Waals surface area contributed by atoms with Crippen LogP contribution >= 0.6 is 0 Å². The van der Waals surface area contributed by atoms with Crippen molar-refractivity contribution in [3.63, 3.8) is 0 Å². The van der Waals surface area contributed by atoms with E-state index in [2.05, 4.69) is 10.1 Å². The average Bonchev–Trinajstić information content (AvgIpc) is 2.72. The summed E-state index contributed by atoms with van der Waals surface area (Å²) in [6.45, 7) is 1.86. The van der Waals surface area contributed by atoms with Crippen LogP contribution in [0.4, 0.5) is 4.79 Å². The van der Waals surface area contributed by atoms with Crippen molar-refractivity contribution in [3.8, 4) is 0 Å². The van der Waals surface area contributed by atoms with Crippen LogP contribution in [0.2, 0.25) is 0 Å². The Hall–Kier alpha value is -2.38. The molecule has 0 radical (unpaired) electrons. The number of hydrogen-bond donors (Lipinski definition) is 1. The monoisotopic (exact) mass is 238 g/mol. The van der Waals surface area contributed by atoms with Crippen LogP contribution in [-0.2, 0) is 11.8 Å². The zero-order chi connectivity index (χ0) is 12.6. The second kappa shape index (κ2) is 3.89. The van der Waals surface area contributed by atoms with Crippen molar-refractivity contribution < 1.29 is 9.53 Å². The number of ether oxygens (including phenoxy) is 1. The first-order valence-corrected chi connectivity index (χ1v) is 4.90. The molecule has 8 nitrogen and oxygen atoms in total. The molecule has 0 bridgehead atoms. The van der Waals surface area contributed by atoms with E-state index in [0.717, 1.165) is 4.68 Å². The smallest absolute Gasteiger partial charge is 0.434 e. The molecule has 0 aromatic carbocycles. The Bertz CT molecular complexity index is 693. The number of aromatic nitrogens is 4. The lowest BCUT2D eigenvalue weighted by Crippen LogP contribution is -2.27. The van der Waals surface area contributed by atoms with Gasteiger partial charge in [-0.05, 0) is 6.92 Å². The maximum atomic E-state index is 11.4. The first kappa shape index (κ1) is 11.1. The zero-order valence-corrected chi connectivity index (χ0v) is 9.26. The predicted molar refractivity (Wildman–Crippen MR) is 58.0 cm³/mol. The van der Waals surface area contributed by atoms with E-state index in [0.29, 0.717) is 0 Å². The zero-order valence-electron chi connectivity index (χ0n) is 9.26. The van der Waals surface area contributed by atoms with Gasteiger partial charge in [0.15, 0.2) is 5.52 Å². The lowest BCUT2D eigenvalue weighted by Gasteiger charge is -1.98. The molecule has 2 aromatic rings. The van der Waals surface area contributed by atoms with Gasteiger partial charge >= 0.3 is 11.8 Å². The van der Waals surface area contributed by atoms with Gasteiger partial charge in [-0.3, -0.25) is 14.3 Å². The van der Waals surface area contributed by atoms with Gasteiger partial charge in [-0.1, -0.05) is 0 Å². The SMILES string of the molecule is CCOC(=O)n1cc2c(n1)c(=O)[nH]c(=O)n2C. The van der Waals surface area contributed by atoms with Crippen LogP contribution in [0.25, 0.3) is 11.0 Å². The van der Waals surface area contributed by atoms with Crippen LogP contribution in [0.15, 0.2) is 15.8 Å². The number of nitrogens with zero attached hydrogens (tertiary/aromatic N) is 3. The molecular weight excluding hydrogens is 228 g/mol. The minimum atomic E-state index is -0.699. The number of carbonyl (C=O) groups excluding carboxylic acids is 1. The van der Waals surface area contributed by atoms with Crippen LogP contribution in [0.1, 0.15) is 6.92 Å². The predicted octanol–water partition coefficient (Wildman–Crippen LogP) is -0.572. The highest BCUT2D eigenvalue weighted by Crippen LogP contribution is 2.04. The molecule has 90 valence electrons. The molecule has 2 heterocycles. The van der Waals surface area contributed by atoms with Gasteiger partial charge in [0.2, 0.25) is 0 Å². The second-order valence-corrected chi connectivity index (χ2v) is 3.32. The molecule has 2 rings (SSSR count). The summed E-state index contributed by atoms with van der Waals surface area (Å²) >= 11 is 0. The molecule has 17 heavy (non-hydrogen) atoms. The summed E-state index contributed by atoms with van der Waals surface area (Å²) in [6, 6.07) is 0. The quantitative estimate of drug-likeness (QED) is 0.717. The third kappa shape index (κ3) is 1.73. The average molecular weight is 238 g/mol. The van der Waals surface area contributed by atoms with Gasteiger partial charge in [-0.25, -0.2) is 9.59 Å². The molecule has 0 fully saturated rings. The van der Waals surface area contributed by atoms with E-state index in [9.17, 15) is 14.4 Å². The van der Waals surface area contributed by atoms with Crippen molar-refractivity contribution in [2.45, 2.75) is 6.92 Å². The molecule has 0 spiro atoms. The number of hydrogen-bond acceptors (Lipinski definition) is 5. The van der Waals surface area contributed by atoms with E-state index in [1.54, 1.807) is 6.92 Å². The van der Waals surface area contributed by atoms with Gasteiger partial charge < -0.3 is 4.74 Å². The van der Waals surface area contributed by atoms with Crippen molar-refractivity contribution in [1.29, 1.82) is 0 Å². The maximum Gasteiger partial charge on any atom is 0.434 e. The highest BCUT2D eigenvalue weighted by Gasteiger charge is 2.13. The van der Waals surface area contributed by atoms with Crippen LogP contribution in [0, 0.1) is 0 Å². The lowest BCUT2D eigenvalue weighted by molar-refractivity contribution is 0.150. The minimum absolute atomic E-state index is 0.0140. The van der Waals surface area contributed by atoms with Gasteiger partial charge in [0.05, 0.1) is 18.3 Å². The number of H-pyrrole nitrogens is 1. The maximum absolute atomic E-state index is 11.4. The summed E-state index contributed by atoms with van der Waals surface area (Å²) in [5.41, 5.74) is -0.913. The summed E-state index contributed by atoms with van der Waals surface area (Å²) in [5.74, 6) is 0. The first-order chi connectivity index (χ1) is 8.04. The van der Waals surface area contributed by atoms with E-state index >= 15 is 0 Å². The van der Waals surface area contributed by atoms with Crippen LogP contribution in [0.5, 0.6) is 0 Å². The molecule has 0 aliphatic carbocycles. The number of aryl methyl sites for hydroxylation is 1. The molecule has 0 saturated carbocycles. The van der Waals surface area contributed by atoms with Crippen molar-refractivity contribution >= 4 is 17.1 Å². The van der Waals surface area contributed by atoms with Gasteiger partial charge in [-0.15, -0.1) is 0 Å². The van der Waals surface area contributed by atoms with Crippen LogP contribution in [0.3, 0.4) is 0 Å². The fourth-order valence-electron chi connectivity index (χ4n) is 1.40.